The lowest BCUT2D eigenvalue weighted by atomic mass is 10.1. The van der Waals surface area contributed by atoms with Gasteiger partial charge in [-0.25, -0.2) is 14.2 Å². The highest BCUT2D eigenvalue weighted by Gasteiger charge is 2.23. The Hall–Kier alpha value is -2.50. The number of pyridine rings is 1. The van der Waals surface area contributed by atoms with E-state index in [1.54, 1.807) is 39.0 Å². The van der Waals surface area contributed by atoms with Crippen LogP contribution in [0.3, 0.4) is 0 Å². The number of ether oxygens (including phenoxy) is 1. The third-order valence-electron chi connectivity index (χ3n) is 3.01. The lowest BCUT2D eigenvalue weighted by molar-refractivity contribution is 0.0589. The molecule has 0 saturated carbocycles. The number of carbonyl (C=O) groups excluding carboxylic acids is 2. The van der Waals surface area contributed by atoms with E-state index in [2.05, 4.69) is 4.98 Å². The second-order valence-corrected chi connectivity index (χ2v) is 5.85. The summed E-state index contributed by atoms with van der Waals surface area (Å²) in [6.07, 6.45) is 0.918. The van der Waals surface area contributed by atoms with E-state index in [0.29, 0.717) is 17.4 Å². The smallest absolute Gasteiger partial charge is 0.414 e. The summed E-state index contributed by atoms with van der Waals surface area (Å²) in [6, 6.07) is 4.80. The molecule has 0 aliphatic carbocycles. The number of carbonyl (C=O) groups is 2. The van der Waals surface area contributed by atoms with Crippen LogP contribution in [0.5, 0.6) is 0 Å². The molecule has 2 aromatic rings. The Morgan fingerprint density at radius 2 is 2.05 bits per heavy atom. The Kier molecular flexibility index (Phi) is 4.12. The van der Waals surface area contributed by atoms with Gasteiger partial charge in [-0.1, -0.05) is 12.1 Å². The SMILES string of the molecule is CN(C(=O)OC(C)(C)C)c1cccc2c(C=O)ncc(F)c12. The van der Waals surface area contributed by atoms with Crippen molar-refractivity contribution in [3.8, 4) is 0 Å². The summed E-state index contributed by atoms with van der Waals surface area (Å²) >= 11 is 0. The number of aromatic nitrogens is 1. The monoisotopic (exact) mass is 304 g/mol. The van der Waals surface area contributed by atoms with E-state index in [1.165, 1.54) is 11.9 Å². The van der Waals surface area contributed by atoms with Crippen molar-refractivity contribution in [1.82, 2.24) is 4.98 Å². The van der Waals surface area contributed by atoms with Crippen LogP contribution in [0.2, 0.25) is 0 Å². The molecule has 0 fully saturated rings. The number of aldehydes is 1. The second kappa shape index (κ2) is 5.71. The molecule has 0 bridgehead atoms. The Morgan fingerprint density at radius 3 is 2.64 bits per heavy atom. The molecule has 0 aliphatic heterocycles. The van der Waals surface area contributed by atoms with E-state index in [0.717, 1.165) is 6.20 Å². The molecule has 116 valence electrons. The van der Waals surface area contributed by atoms with Gasteiger partial charge in [-0.3, -0.25) is 9.69 Å². The van der Waals surface area contributed by atoms with Crippen LogP contribution in [0, 0.1) is 5.82 Å². The number of anilines is 1. The lowest BCUT2D eigenvalue weighted by Crippen LogP contribution is -2.34. The maximum Gasteiger partial charge on any atom is 0.414 e. The van der Waals surface area contributed by atoms with Gasteiger partial charge in [0.15, 0.2) is 12.1 Å². The van der Waals surface area contributed by atoms with E-state index in [9.17, 15) is 14.0 Å². The summed E-state index contributed by atoms with van der Waals surface area (Å²) in [6.45, 7) is 5.24. The van der Waals surface area contributed by atoms with Crippen molar-refractivity contribution in [2.24, 2.45) is 0 Å². The van der Waals surface area contributed by atoms with Crippen molar-refractivity contribution < 1.29 is 18.7 Å². The van der Waals surface area contributed by atoms with Gasteiger partial charge in [0, 0.05) is 17.8 Å². The lowest BCUT2D eigenvalue weighted by Gasteiger charge is -2.25. The van der Waals surface area contributed by atoms with E-state index >= 15 is 0 Å². The van der Waals surface area contributed by atoms with E-state index in [1.807, 2.05) is 0 Å². The predicted molar refractivity (Wildman–Crippen MR) is 81.7 cm³/mol. The molecule has 5 nitrogen and oxygen atoms in total. The van der Waals surface area contributed by atoms with Crippen LogP contribution in [0.15, 0.2) is 24.4 Å². The molecular formula is C16H17FN2O3. The summed E-state index contributed by atoms with van der Waals surface area (Å²) in [5.74, 6) is -0.605. The van der Waals surface area contributed by atoms with Gasteiger partial charge in [0.2, 0.25) is 0 Å². The molecule has 1 aromatic carbocycles. The number of hydrogen-bond acceptors (Lipinski definition) is 4. The van der Waals surface area contributed by atoms with Crippen LogP contribution >= 0.6 is 0 Å². The third kappa shape index (κ3) is 3.05. The second-order valence-electron chi connectivity index (χ2n) is 5.85. The van der Waals surface area contributed by atoms with Crippen LogP contribution in [-0.2, 0) is 4.74 Å². The average molecular weight is 304 g/mol. The molecule has 0 N–H and O–H groups in total. The summed E-state index contributed by atoms with van der Waals surface area (Å²) in [4.78, 5) is 28.2. The van der Waals surface area contributed by atoms with Gasteiger partial charge in [0.05, 0.1) is 11.9 Å². The third-order valence-corrected chi connectivity index (χ3v) is 3.01. The minimum Gasteiger partial charge on any atom is -0.443 e. The molecule has 6 heteroatoms. The summed E-state index contributed by atoms with van der Waals surface area (Å²) in [7, 11) is 1.49. The fourth-order valence-corrected chi connectivity index (χ4v) is 2.07. The number of rotatable bonds is 2. The van der Waals surface area contributed by atoms with Crippen LogP contribution in [0.4, 0.5) is 14.9 Å². The highest BCUT2D eigenvalue weighted by atomic mass is 19.1. The molecule has 1 aromatic heterocycles. The van der Waals surface area contributed by atoms with Crippen molar-refractivity contribution in [3.05, 3.63) is 35.9 Å². The average Bonchev–Trinajstić information content (AvgIpc) is 2.44. The molecule has 0 atom stereocenters. The molecule has 0 radical (unpaired) electrons. The topological polar surface area (TPSA) is 59.5 Å². The van der Waals surface area contributed by atoms with E-state index in [4.69, 9.17) is 4.74 Å². The van der Waals surface area contributed by atoms with Gasteiger partial charge in [-0.05, 0) is 26.8 Å². The first-order valence-corrected chi connectivity index (χ1v) is 6.73. The van der Waals surface area contributed by atoms with Crippen LogP contribution in [0.1, 0.15) is 31.3 Å². The number of amides is 1. The van der Waals surface area contributed by atoms with Gasteiger partial charge in [-0.2, -0.15) is 0 Å². The summed E-state index contributed by atoms with van der Waals surface area (Å²) in [5, 5.41) is 0.510. The molecule has 0 unspecified atom stereocenters. The molecule has 1 heterocycles. The number of halogens is 1. The highest BCUT2D eigenvalue weighted by Crippen LogP contribution is 2.30. The normalized spacial score (nSPS) is 11.3. The van der Waals surface area contributed by atoms with Gasteiger partial charge in [-0.15, -0.1) is 0 Å². The van der Waals surface area contributed by atoms with Crippen molar-refractivity contribution >= 4 is 28.8 Å². The first-order valence-electron chi connectivity index (χ1n) is 6.73. The van der Waals surface area contributed by atoms with Gasteiger partial charge in [0.25, 0.3) is 0 Å². The Morgan fingerprint density at radius 1 is 1.36 bits per heavy atom. The van der Waals surface area contributed by atoms with Crippen LogP contribution in [0.25, 0.3) is 10.8 Å². The number of hydrogen-bond donors (Lipinski definition) is 0. The fraction of sp³-hybridized carbons (Fsp3) is 0.312. The van der Waals surface area contributed by atoms with Crippen molar-refractivity contribution in [3.63, 3.8) is 0 Å². The largest absolute Gasteiger partial charge is 0.443 e. The van der Waals surface area contributed by atoms with Crippen molar-refractivity contribution in [2.45, 2.75) is 26.4 Å². The zero-order valence-corrected chi connectivity index (χ0v) is 12.9. The number of nitrogens with zero attached hydrogens (tertiary/aromatic N) is 2. The fourth-order valence-electron chi connectivity index (χ4n) is 2.07. The van der Waals surface area contributed by atoms with Gasteiger partial charge < -0.3 is 4.74 Å². The molecule has 2 rings (SSSR count). The zero-order valence-electron chi connectivity index (χ0n) is 12.9. The maximum atomic E-state index is 14.2. The van der Waals surface area contributed by atoms with Gasteiger partial charge in [0.1, 0.15) is 11.3 Å². The van der Waals surface area contributed by atoms with Crippen molar-refractivity contribution in [1.29, 1.82) is 0 Å². The predicted octanol–water partition coefficient (Wildman–Crippen LogP) is 3.56. The summed E-state index contributed by atoms with van der Waals surface area (Å²) < 4.78 is 19.4. The summed E-state index contributed by atoms with van der Waals surface area (Å²) in [5.41, 5.74) is -0.227. The molecule has 1 amide bonds. The molecule has 22 heavy (non-hydrogen) atoms. The number of fused-ring (bicyclic) bond motifs is 1. The maximum absolute atomic E-state index is 14.2. The minimum absolute atomic E-state index is 0.121. The first-order chi connectivity index (χ1) is 10.2. The van der Waals surface area contributed by atoms with Crippen LogP contribution < -0.4 is 4.90 Å². The van der Waals surface area contributed by atoms with Gasteiger partial charge >= 0.3 is 6.09 Å². The molecule has 0 aliphatic rings. The van der Waals surface area contributed by atoms with E-state index in [-0.39, 0.29) is 11.1 Å². The highest BCUT2D eigenvalue weighted by molar-refractivity contribution is 6.06. The first kappa shape index (κ1) is 15.9. The quantitative estimate of drug-likeness (QED) is 0.796. The number of benzene rings is 1. The Balaban J connectivity index is 2.56. The molecule has 0 saturated heterocycles. The molecular weight excluding hydrogens is 287 g/mol. The van der Waals surface area contributed by atoms with E-state index < -0.39 is 17.5 Å². The zero-order chi connectivity index (χ0) is 16.5. The minimum atomic E-state index is -0.663. The van der Waals surface area contributed by atoms with Crippen molar-refractivity contribution in [2.75, 3.05) is 11.9 Å². The Labute approximate surface area is 127 Å². The Bertz CT molecular complexity index is 738. The van der Waals surface area contributed by atoms with Crippen LogP contribution in [-0.4, -0.2) is 30.0 Å². The standard InChI is InChI=1S/C16H17FN2O3/c1-16(2,3)22-15(21)19(4)13-7-5-6-10-12(9-20)18-8-11(17)14(10)13/h5-9H,1-4H3. The molecule has 0 spiro atoms.